The Hall–Kier alpha value is -1.46. The lowest BCUT2D eigenvalue weighted by Crippen LogP contribution is -2.60. The van der Waals surface area contributed by atoms with Crippen LogP contribution in [0.25, 0.3) is 0 Å². The Kier molecular flexibility index (Phi) is 6.61. The maximum Gasteiger partial charge on any atom is 0.318 e. The van der Waals surface area contributed by atoms with Gasteiger partial charge in [0.05, 0.1) is 0 Å². The summed E-state index contributed by atoms with van der Waals surface area (Å²) >= 11 is 0. The van der Waals surface area contributed by atoms with Crippen molar-refractivity contribution < 1.29 is 10.0 Å². The van der Waals surface area contributed by atoms with Gasteiger partial charge in [-0.05, 0) is 26.7 Å². The van der Waals surface area contributed by atoms with E-state index in [0.29, 0.717) is 13.1 Å². The van der Waals surface area contributed by atoms with E-state index in [-0.39, 0.29) is 11.9 Å². The smallest absolute Gasteiger partial charge is 0.318 e. The van der Waals surface area contributed by atoms with E-state index in [0.717, 1.165) is 38.5 Å². The molecule has 0 heterocycles. The number of hydrogen-bond donors (Lipinski definition) is 3. The van der Waals surface area contributed by atoms with Crippen molar-refractivity contribution in [2.24, 2.45) is 10.9 Å². The third-order valence-corrected chi connectivity index (χ3v) is 4.20. The Morgan fingerprint density at radius 1 is 1.20 bits per heavy atom. The van der Waals surface area contributed by atoms with Crippen molar-refractivity contribution in [3.63, 3.8) is 0 Å². The van der Waals surface area contributed by atoms with E-state index in [1.165, 1.54) is 6.42 Å². The van der Waals surface area contributed by atoms with E-state index in [2.05, 4.69) is 10.5 Å². The predicted octanol–water partition coefficient (Wildman–Crippen LogP) is 2.27. The molecule has 4 N–H and O–H groups in total. The Morgan fingerprint density at radius 2 is 1.70 bits per heavy atom. The molecule has 0 aromatic heterocycles. The second-order valence-electron chi connectivity index (χ2n) is 5.44. The van der Waals surface area contributed by atoms with Gasteiger partial charge in [0.15, 0.2) is 5.84 Å². The average Bonchev–Trinajstić information content (AvgIpc) is 2.42. The molecular weight excluding hydrogens is 256 g/mol. The lowest BCUT2D eigenvalue weighted by atomic mass is 9.83. The van der Waals surface area contributed by atoms with Crippen LogP contribution in [0.15, 0.2) is 5.16 Å². The molecule has 0 radical (unpaired) electrons. The summed E-state index contributed by atoms with van der Waals surface area (Å²) in [5, 5.41) is 15.3. The molecule has 0 unspecified atom stereocenters. The molecule has 2 amide bonds. The highest BCUT2D eigenvalue weighted by atomic mass is 16.4. The maximum atomic E-state index is 12.3. The number of carbonyl (C=O) groups excluding carboxylic acids is 1. The molecule has 0 aromatic rings. The van der Waals surface area contributed by atoms with Gasteiger partial charge in [-0.1, -0.05) is 37.3 Å². The molecule has 6 nitrogen and oxygen atoms in total. The summed E-state index contributed by atoms with van der Waals surface area (Å²) in [5.74, 6) is 0.125. The second kappa shape index (κ2) is 7.97. The largest absolute Gasteiger partial charge is 0.409 e. The monoisotopic (exact) mass is 284 g/mol. The summed E-state index contributed by atoms with van der Waals surface area (Å²) in [6.45, 7) is 5.18. The standard InChI is InChI=1S/C14H28N4O2/c1-3-18(4-2)13(19)16-14(12(15)17-20)10-8-6-5-7-9-11-14/h20H,3-11H2,1-2H3,(H2,15,17)(H,16,19). The van der Waals surface area contributed by atoms with E-state index in [1.54, 1.807) is 4.90 Å². The molecule has 1 rings (SSSR count). The van der Waals surface area contributed by atoms with Crippen LogP contribution < -0.4 is 11.1 Å². The Labute approximate surface area is 121 Å². The normalized spacial score (nSPS) is 19.8. The quantitative estimate of drug-likeness (QED) is 0.320. The highest BCUT2D eigenvalue weighted by Crippen LogP contribution is 2.27. The molecule has 6 heteroatoms. The van der Waals surface area contributed by atoms with Gasteiger partial charge in [0.1, 0.15) is 5.54 Å². The lowest BCUT2D eigenvalue weighted by molar-refractivity contribution is 0.189. The molecule has 20 heavy (non-hydrogen) atoms. The van der Waals surface area contributed by atoms with Gasteiger partial charge in [-0.15, -0.1) is 0 Å². The highest BCUT2D eigenvalue weighted by molar-refractivity contribution is 5.93. The molecule has 1 aliphatic rings. The first-order valence-corrected chi connectivity index (χ1v) is 7.64. The van der Waals surface area contributed by atoms with Crippen LogP contribution >= 0.6 is 0 Å². The first-order valence-electron chi connectivity index (χ1n) is 7.64. The molecule has 1 saturated carbocycles. The van der Waals surface area contributed by atoms with E-state index >= 15 is 0 Å². The van der Waals surface area contributed by atoms with Gasteiger partial charge in [0, 0.05) is 13.1 Å². The predicted molar refractivity (Wildman–Crippen MR) is 79.9 cm³/mol. The van der Waals surface area contributed by atoms with Crippen molar-refractivity contribution in [2.75, 3.05) is 13.1 Å². The summed E-state index contributed by atoms with van der Waals surface area (Å²) in [4.78, 5) is 14.0. The van der Waals surface area contributed by atoms with Crippen LogP contribution in [0.3, 0.4) is 0 Å². The summed E-state index contributed by atoms with van der Waals surface area (Å²) in [6, 6.07) is -0.137. The number of amides is 2. The lowest BCUT2D eigenvalue weighted by Gasteiger charge is -2.36. The van der Waals surface area contributed by atoms with Crippen LogP contribution in [0.4, 0.5) is 4.79 Å². The molecule has 1 fully saturated rings. The SMILES string of the molecule is CCN(CC)C(=O)NC1(C(N)=NO)CCCCCCC1. The van der Waals surface area contributed by atoms with Gasteiger partial charge < -0.3 is 21.2 Å². The zero-order valence-corrected chi connectivity index (χ0v) is 12.7. The number of rotatable bonds is 4. The van der Waals surface area contributed by atoms with Crippen molar-refractivity contribution >= 4 is 11.9 Å². The third kappa shape index (κ3) is 4.02. The zero-order chi connectivity index (χ0) is 15.0. The van der Waals surface area contributed by atoms with E-state index in [4.69, 9.17) is 10.9 Å². The van der Waals surface area contributed by atoms with Crippen LogP contribution in [0.2, 0.25) is 0 Å². The number of nitrogens with two attached hydrogens (primary N) is 1. The molecule has 0 bridgehead atoms. The molecule has 0 aliphatic heterocycles. The Bertz CT molecular complexity index is 332. The summed E-state index contributed by atoms with van der Waals surface area (Å²) in [7, 11) is 0. The van der Waals surface area contributed by atoms with Crippen LogP contribution in [-0.2, 0) is 0 Å². The van der Waals surface area contributed by atoms with Gasteiger partial charge in [0.2, 0.25) is 0 Å². The van der Waals surface area contributed by atoms with Crippen molar-refractivity contribution in [3.8, 4) is 0 Å². The summed E-state index contributed by atoms with van der Waals surface area (Å²) in [6.07, 6.45) is 6.90. The van der Waals surface area contributed by atoms with Crippen LogP contribution in [0.1, 0.15) is 58.8 Å². The molecule has 1 aliphatic carbocycles. The van der Waals surface area contributed by atoms with E-state index < -0.39 is 5.54 Å². The average molecular weight is 284 g/mol. The van der Waals surface area contributed by atoms with Crippen molar-refractivity contribution in [1.82, 2.24) is 10.2 Å². The summed E-state index contributed by atoms with van der Waals surface area (Å²) < 4.78 is 0. The van der Waals surface area contributed by atoms with Gasteiger partial charge in [-0.2, -0.15) is 0 Å². The Morgan fingerprint density at radius 3 is 2.15 bits per heavy atom. The van der Waals surface area contributed by atoms with Crippen molar-refractivity contribution in [3.05, 3.63) is 0 Å². The molecule has 116 valence electrons. The van der Waals surface area contributed by atoms with Crippen LogP contribution in [0.5, 0.6) is 0 Å². The first kappa shape index (κ1) is 16.6. The first-order chi connectivity index (χ1) is 9.59. The second-order valence-corrected chi connectivity index (χ2v) is 5.44. The number of oxime groups is 1. The van der Waals surface area contributed by atoms with Gasteiger partial charge >= 0.3 is 6.03 Å². The fraction of sp³-hybridized carbons (Fsp3) is 0.857. The maximum absolute atomic E-state index is 12.3. The number of nitrogens with zero attached hydrogens (tertiary/aromatic N) is 2. The molecule has 0 atom stereocenters. The zero-order valence-electron chi connectivity index (χ0n) is 12.7. The fourth-order valence-corrected chi connectivity index (χ4v) is 2.84. The van der Waals surface area contributed by atoms with Gasteiger partial charge in [0.25, 0.3) is 0 Å². The van der Waals surface area contributed by atoms with E-state index in [9.17, 15) is 4.79 Å². The number of carbonyl (C=O) groups is 1. The molecular formula is C14H28N4O2. The van der Waals surface area contributed by atoms with Crippen LogP contribution in [-0.4, -0.2) is 40.6 Å². The fourth-order valence-electron chi connectivity index (χ4n) is 2.84. The minimum absolute atomic E-state index is 0.125. The Balaban J connectivity index is 2.89. The molecule has 0 aromatic carbocycles. The molecule has 0 saturated heterocycles. The number of amidine groups is 1. The summed E-state index contributed by atoms with van der Waals surface area (Å²) in [5.41, 5.74) is 5.20. The van der Waals surface area contributed by atoms with Gasteiger partial charge in [-0.3, -0.25) is 0 Å². The van der Waals surface area contributed by atoms with Crippen LogP contribution in [0, 0.1) is 0 Å². The highest BCUT2D eigenvalue weighted by Gasteiger charge is 2.37. The minimum atomic E-state index is -0.700. The van der Waals surface area contributed by atoms with Crippen molar-refractivity contribution in [2.45, 2.75) is 64.3 Å². The van der Waals surface area contributed by atoms with Crippen molar-refractivity contribution in [1.29, 1.82) is 0 Å². The van der Waals surface area contributed by atoms with Gasteiger partial charge in [-0.25, -0.2) is 4.79 Å². The number of hydrogen-bond acceptors (Lipinski definition) is 3. The minimum Gasteiger partial charge on any atom is -0.409 e. The third-order valence-electron chi connectivity index (χ3n) is 4.20. The number of urea groups is 1. The topological polar surface area (TPSA) is 91.0 Å². The number of nitrogens with one attached hydrogen (secondary N) is 1. The van der Waals surface area contributed by atoms with E-state index in [1.807, 2.05) is 13.8 Å². The molecule has 0 spiro atoms.